The van der Waals surface area contributed by atoms with Crippen molar-refractivity contribution in [3.63, 3.8) is 0 Å². The first-order chi connectivity index (χ1) is 60.5. The van der Waals surface area contributed by atoms with Crippen molar-refractivity contribution in [2.45, 2.75) is 135 Å². The number of hydrogen-bond acceptors (Lipinski definition) is 10. The maximum atomic E-state index is 12.8. The Morgan fingerprint density at radius 3 is 0.984 bits per heavy atom. The normalized spacial score (nSPS) is 14.1. The van der Waals surface area contributed by atoms with Gasteiger partial charge in [-0.1, -0.05) is 308 Å². The van der Waals surface area contributed by atoms with Gasteiger partial charge in [-0.3, -0.25) is 14.4 Å². The lowest BCUT2D eigenvalue weighted by Gasteiger charge is -2.29. The molecule has 10 nitrogen and oxygen atoms in total. The van der Waals surface area contributed by atoms with Gasteiger partial charge in [0.25, 0.3) is 0 Å². The van der Waals surface area contributed by atoms with Crippen LogP contribution in [0.3, 0.4) is 0 Å². The van der Waals surface area contributed by atoms with Crippen molar-refractivity contribution in [1.29, 1.82) is 0 Å². The highest BCUT2D eigenvalue weighted by Gasteiger charge is 2.28. The number of rotatable bonds is 27. The second kappa shape index (κ2) is 40.5. The van der Waals surface area contributed by atoms with Crippen molar-refractivity contribution in [3.8, 4) is 22.3 Å². The fourth-order valence-electron chi connectivity index (χ4n) is 16.9. The fraction of sp³-hybridized carbons (Fsp3) is 0.188. The van der Waals surface area contributed by atoms with Crippen LogP contribution in [0.5, 0.6) is 0 Å². The molecule has 2 N–H and O–H groups in total. The van der Waals surface area contributed by atoms with Gasteiger partial charge in [0.05, 0.1) is 11.4 Å². The third kappa shape index (κ3) is 20.4. The van der Waals surface area contributed by atoms with Crippen LogP contribution in [-0.4, -0.2) is 17.9 Å². The molecule has 3 aliphatic carbocycles. The molecular weight excluding hydrogens is 1620 g/mol. The van der Waals surface area contributed by atoms with Crippen molar-refractivity contribution in [2.75, 3.05) is 20.4 Å². The van der Waals surface area contributed by atoms with Crippen LogP contribution in [0.2, 0.25) is 0 Å². The third-order valence-electron chi connectivity index (χ3n) is 23.3. The van der Waals surface area contributed by atoms with E-state index in [9.17, 15) is 14.4 Å². The van der Waals surface area contributed by atoms with Gasteiger partial charge in [-0.05, 0) is 212 Å². The number of carbonyl (C=O) groups is 3. The number of carbonyl (C=O) groups excluding carboxylic acids is 3. The summed E-state index contributed by atoms with van der Waals surface area (Å²) in [6.45, 7) is 6.42. The Morgan fingerprint density at radius 2 is 0.618 bits per heavy atom. The van der Waals surface area contributed by atoms with Gasteiger partial charge in [-0.15, -0.1) is 0 Å². The topological polar surface area (TPSA) is 109 Å². The lowest BCUT2D eigenvalue weighted by Crippen LogP contribution is -2.15. The van der Waals surface area contributed by atoms with Crippen molar-refractivity contribution >= 4 is 159 Å². The predicted molar refractivity (Wildman–Crippen MR) is 522 cm³/mol. The number of fused-ring (bicyclic) bond motifs is 7. The van der Waals surface area contributed by atoms with Crippen molar-refractivity contribution in [2.24, 2.45) is 0 Å². The van der Waals surface area contributed by atoms with Crippen LogP contribution in [-0.2, 0) is 28.6 Å². The van der Waals surface area contributed by atoms with Gasteiger partial charge in [-0.25, -0.2) is 0 Å². The van der Waals surface area contributed by atoms with E-state index < -0.39 is 0 Å². The van der Waals surface area contributed by atoms with Gasteiger partial charge in [0, 0.05) is 126 Å². The average Bonchev–Trinajstić information content (AvgIpc) is 0.767. The summed E-state index contributed by atoms with van der Waals surface area (Å²) in [5.74, 6) is -0.325. The highest BCUT2D eigenvalue weighted by atomic mass is 127. The number of unbranched alkanes of at least 4 members (excludes halogenated alkanes) is 6. The Labute approximate surface area is 736 Å². The largest absolute Gasteiger partial charge is 0.457 e. The molecule has 0 heterocycles. The van der Waals surface area contributed by atoms with Gasteiger partial charge < -0.3 is 34.6 Å². The summed E-state index contributed by atoms with van der Waals surface area (Å²) >= 11 is 2.30. The Morgan fingerprint density at radius 1 is 0.317 bits per heavy atom. The van der Waals surface area contributed by atoms with Crippen molar-refractivity contribution in [3.05, 3.63) is 377 Å². The molecule has 614 valence electrons. The summed E-state index contributed by atoms with van der Waals surface area (Å²) in [7, 11) is 0. The first-order valence-corrected chi connectivity index (χ1v) is 44.7. The van der Waals surface area contributed by atoms with Crippen LogP contribution in [0, 0.1) is 3.57 Å². The van der Waals surface area contributed by atoms with Gasteiger partial charge >= 0.3 is 17.9 Å². The molecule has 15 aromatic carbocycles. The molecule has 18 rings (SSSR count). The summed E-state index contributed by atoms with van der Waals surface area (Å²) in [6.07, 6.45) is 24.7. The van der Waals surface area contributed by atoms with E-state index >= 15 is 0 Å². The average molecular weight is 1730 g/mol. The molecule has 0 bridgehead atoms. The van der Waals surface area contributed by atoms with E-state index in [1.54, 1.807) is 0 Å². The molecule has 0 radical (unpaired) electrons. The molecule has 11 heteroatoms. The number of anilines is 10. The number of benzene rings is 15. The molecule has 0 aliphatic heterocycles. The van der Waals surface area contributed by atoms with Crippen LogP contribution in [0.4, 0.5) is 56.9 Å². The lowest BCUT2D eigenvalue weighted by molar-refractivity contribution is -0.150. The number of esters is 3. The highest BCUT2D eigenvalue weighted by molar-refractivity contribution is 14.1. The summed E-state index contributed by atoms with van der Waals surface area (Å²) in [6, 6.07) is 114. The second-order valence-electron chi connectivity index (χ2n) is 31.8. The molecule has 3 unspecified atom stereocenters. The molecule has 0 aromatic heterocycles. The minimum absolute atomic E-state index is 0.0711. The molecule has 0 spiro atoms. The van der Waals surface area contributed by atoms with Crippen LogP contribution in [0.25, 0.3) is 83.6 Å². The molecule has 0 amide bonds. The first-order valence-electron chi connectivity index (χ1n) is 43.6. The van der Waals surface area contributed by atoms with Crippen LogP contribution in [0.1, 0.15) is 169 Å². The zero-order chi connectivity index (χ0) is 84.2. The second-order valence-corrected chi connectivity index (χ2v) is 33.1. The van der Waals surface area contributed by atoms with E-state index in [0.717, 1.165) is 171 Å². The third-order valence-corrected chi connectivity index (χ3v) is 24.0. The van der Waals surface area contributed by atoms with Gasteiger partial charge in [0.2, 0.25) is 0 Å². The Kier molecular flexibility index (Phi) is 27.5. The minimum Gasteiger partial charge on any atom is -0.457 e. The predicted octanol–water partition coefficient (Wildman–Crippen LogP) is 31.8. The van der Waals surface area contributed by atoms with Crippen LogP contribution in [0.15, 0.2) is 340 Å². The maximum Gasteiger partial charge on any atom is 0.306 e. The molecule has 0 saturated heterocycles. The SMILES string of the molecule is CCCCCC(=O)OC1CC=Cc2cc(I)ccc21.CCCCCC(=O)OC1CC=Cc2cc(N(c3ccc(-c4ccc(N(c5ccc6c(c5)C=CCC6OC(=O)CCCCC)c5cccc6ccccc56)cc4)cc3)c3cccc4ccccc34)ccc21.c1ccc2c(Nc3ccc(-c4ccc(Nc5cccc6ccccc56)cc4)cc3)cccc2c1. The van der Waals surface area contributed by atoms with Gasteiger partial charge in [-0.2, -0.15) is 0 Å². The molecule has 123 heavy (non-hydrogen) atoms. The lowest BCUT2D eigenvalue weighted by atomic mass is 9.93. The molecule has 0 saturated carbocycles. The minimum atomic E-state index is -0.292. The van der Waals surface area contributed by atoms with Crippen LogP contribution >= 0.6 is 22.6 Å². The summed E-state index contributed by atoms with van der Waals surface area (Å²) < 4.78 is 18.9. The number of ether oxygens (including phenoxy) is 3. The van der Waals surface area contributed by atoms with Gasteiger partial charge in [0.15, 0.2) is 0 Å². The van der Waals surface area contributed by atoms with Gasteiger partial charge in [0.1, 0.15) is 18.3 Å². The quantitative estimate of drug-likeness (QED) is 0.0224. The van der Waals surface area contributed by atoms with Crippen LogP contribution < -0.4 is 20.4 Å². The number of nitrogens with zero attached hydrogens (tertiary/aromatic N) is 2. The zero-order valence-electron chi connectivity index (χ0n) is 70.1. The number of hydrogen-bond donors (Lipinski definition) is 2. The van der Waals surface area contributed by atoms with Crippen molar-refractivity contribution in [1.82, 2.24) is 0 Å². The van der Waals surface area contributed by atoms with E-state index in [1.165, 1.54) is 52.6 Å². The molecule has 15 aromatic rings. The summed E-state index contributed by atoms with van der Waals surface area (Å²) in [5.41, 5.74) is 21.8. The smallest absolute Gasteiger partial charge is 0.306 e. The molecule has 3 aliphatic rings. The monoisotopic (exact) mass is 1730 g/mol. The van der Waals surface area contributed by atoms with E-state index in [1.807, 2.05) is 0 Å². The van der Waals surface area contributed by atoms with E-state index in [0.29, 0.717) is 32.1 Å². The number of nitrogens with one attached hydrogen (secondary N) is 2. The molecular formula is C112H103IN4O6. The Hall–Kier alpha value is -13.1. The summed E-state index contributed by atoms with van der Waals surface area (Å²) in [5, 5.41) is 16.7. The zero-order valence-corrected chi connectivity index (χ0v) is 72.3. The van der Waals surface area contributed by atoms with Crippen molar-refractivity contribution < 1.29 is 28.6 Å². The standard InChI is InChI=1S/C64H60N2O4.C32H24N2.C16H19IO2/c1-3-5-7-29-63(67)69-61-27-15-21-49-43-53(39-41-57(49)61)65(59-25-13-19-47-17-9-11-23-55(47)59)51-35-31-45(32-36-51)46-33-37-52(38-34-46)66(60-26-14-20-48-18-10-12-24-56(48)60)54-40-42-58-50(44-54)22-16-28-62(58)70-64(68)30-8-6-4-2;1-3-11-29-25(7-1)9-5-13-31(29)33-27-19-15-23(16-20-27)24-17-21-28(22-18-24)34-32-14-6-10-26-8-2-4-12-30(26)32;1-2-3-4-8-16(18)19-15-7-5-6-12-11-13(17)9-10-14(12)15/h9-26,31-44,61-62H,3-8,27-30H2,1-2H3;1-22,33-34H;5-6,9-11,15H,2-4,7-8H2,1H3. The highest BCUT2D eigenvalue weighted by Crippen LogP contribution is 2.46. The van der Waals surface area contributed by atoms with E-state index in [4.69, 9.17) is 14.2 Å². The number of halogens is 1. The molecule has 3 atom stereocenters. The Bertz CT molecular complexity index is 5950. The fourth-order valence-corrected chi connectivity index (χ4v) is 17.4. The molecule has 0 fully saturated rings. The van der Waals surface area contributed by atoms with E-state index in [-0.39, 0.29) is 36.2 Å². The summed E-state index contributed by atoms with van der Waals surface area (Å²) in [4.78, 5) is 42.2. The van der Waals surface area contributed by atoms with E-state index in [2.05, 4.69) is 422 Å². The Balaban J connectivity index is 0.000000172. The first kappa shape index (κ1) is 83.5. The maximum absolute atomic E-state index is 12.8.